The second-order valence-electron chi connectivity index (χ2n) is 8.72. The van der Waals surface area contributed by atoms with Gasteiger partial charge in [0.15, 0.2) is 0 Å². The van der Waals surface area contributed by atoms with Crippen LogP contribution in [0.5, 0.6) is 0 Å². The monoisotopic (exact) mass is 532 g/mol. The predicted octanol–water partition coefficient (Wildman–Crippen LogP) is 4.12. The van der Waals surface area contributed by atoms with Crippen molar-refractivity contribution in [2.45, 2.75) is 26.2 Å². The van der Waals surface area contributed by atoms with Gasteiger partial charge in [0, 0.05) is 41.4 Å². The van der Waals surface area contributed by atoms with Crippen molar-refractivity contribution in [3.8, 4) is 11.8 Å². The molecule has 196 valence electrons. The highest BCUT2D eigenvalue weighted by Gasteiger charge is 2.12. The molecule has 38 heavy (non-hydrogen) atoms. The number of nitrogens with one attached hydrogen (secondary N) is 1. The molecule has 10 heteroatoms. The van der Waals surface area contributed by atoms with Crippen molar-refractivity contribution in [1.29, 1.82) is 0 Å². The third-order valence-electron chi connectivity index (χ3n) is 5.35. The summed E-state index contributed by atoms with van der Waals surface area (Å²) >= 11 is 0. The second-order valence-corrected chi connectivity index (χ2v) is 11.2. The van der Waals surface area contributed by atoms with Crippen molar-refractivity contribution in [2.75, 3.05) is 23.1 Å². The number of unbranched alkanes of at least 4 members (excludes halogenated alkanes) is 1. The molecule has 0 fully saturated rings. The number of carbonyl (C=O) groups excluding carboxylic acids is 2. The summed E-state index contributed by atoms with van der Waals surface area (Å²) in [6.07, 6.45) is 3.29. The first-order valence-corrected chi connectivity index (χ1v) is 13.8. The summed E-state index contributed by atoms with van der Waals surface area (Å²) in [5.41, 5.74) is 9.00. The van der Waals surface area contributed by atoms with Crippen LogP contribution in [0.3, 0.4) is 0 Å². The minimum Gasteiger partial charge on any atom is -0.481 e. The fourth-order valence-electron chi connectivity index (χ4n) is 3.42. The van der Waals surface area contributed by atoms with Crippen molar-refractivity contribution in [3.63, 3.8) is 0 Å². The lowest BCUT2D eigenvalue weighted by Crippen LogP contribution is -2.12. The van der Waals surface area contributed by atoms with E-state index in [2.05, 4.69) is 26.5 Å². The molecule has 1 atom stereocenters. The summed E-state index contributed by atoms with van der Waals surface area (Å²) in [5.74, 6) is 4.09. The summed E-state index contributed by atoms with van der Waals surface area (Å²) < 4.78 is 16.5. The normalized spacial score (nSPS) is 11.9. The van der Waals surface area contributed by atoms with Crippen molar-refractivity contribution in [1.82, 2.24) is 4.98 Å². The minimum absolute atomic E-state index is 0.0340. The average Bonchev–Trinajstić information content (AvgIpc) is 2.86. The molecule has 4 N–H and O–H groups in total. The second kappa shape index (κ2) is 12.7. The Morgan fingerprint density at radius 1 is 1.05 bits per heavy atom. The topological polar surface area (TPSA) is 152 Å². The third kappa shape index (κ3) is 8.57. The van der Waals surface area contributed by atoms with Crippen LogP contribution in [0.1, 0.15) is 56.7 Å². The number of benzene rings is 2. The van der Waals surface area contributed by atoms with Crippen molar-refractivity contribution >= 4 is 39.0 Å². The number of nitrogens with two attached hydrogens (primary N) is 1. The van der Waals surface area contributed by atoms with E-state index in [4.69, 9.17) is 10.8 Å². The van der Waals surface area contributed by atoms with E-state index in [1.165, 1.54) is 18.5 Å². The van der Waals surface area contributed by atoms with Gasteiger partial charge in [-0.05, 0) is 61.7 Å². The molecule has 0 aliphatic heterocycles. The largest absolute Gasteiger partial charge is 0.481 e. The van der Waals surface area contributed by atoms with Crippen LogP contribution in [0.2, 0.25) is 0 Å². The molecule has 0 radical (unpaired) electrons. The molecule has 2 aromatic carbocycles. The highest BCUT2D eigenvalue weighted by molar-refractivity contribution is 7.93. The van der Waals surface area contributed by atoms with E-state index in [1.807, 2.05) is 25.1 Å². The van der Waals surface area contributed by atoms with Crippen molar-refractivity contribution in [2.24, 2.45) is 4.36 Å². The van der Waals surface area contributed by atoms with Gasteiger partial charge in [0.2, 0.25) is 0 Å². The first-order valence-electron chi connectivity index (χ1n) is 11.7. The molecule has 0 spiro atoms. The fraction of sp³-hybridized carbons (Fsp3) is 0.214. The molecular formula is C28H28N4O5S. The number of nitrogen functional groups attached to an aromatic ring is 1. The van der Waals surface area contributed by atoms with Gasteiger partial charge < -0.3 is 16.2 Å². The molecular weight excluding hydrogens is 504 g/mol. The molecule has 9 nitrogen and oxygen atoms in total. The van der Waals surface area contributed by atoms with Gasteiger partial charge in [-0.1, -0.05) is 30.0 Å². The van der Waals surface area contributed by atoms with Crippen LogP contribution in [0.15, 0.2) is 65.2 Å². The number of hydrogen-bond acceptors (Lipinski definition) is 6. The number of pyridine rings is 1. The van der Waals surface area contributed by atoms with E-state index < -0.39 is 21.6 Å². The van der Waals surface area contributed by atoms with E-state index in [9.17, 15) is 18.6 Å². The molecule has 2 amide bonds. The summed E-state index contributed by atoms with van der Waals surface area (Å²) in [6.45, 7) is 1.94. The summed E-state index contributed by atoms with van der Waals surface area (Å²) in [4.78, 5) is 39.9. The van der Waals surface area contributed by atoms with Crippen molar-refractivity contribution < 1.29 is 23.7 Å². The summed E-state index contributed by atoms with van der Waals surface area (Å²) in [6, 6.07) is 15.7. The highest BCUT2D eigenvalue weighted by atomic mass is 32.2. The maximum Gasteiger partial charge on any atom is 0.303 e. The zero-order valence-corrected chi connectivity index (χ0v) is 21.9. The van der Waals surface area contributed by atoms with E-state index in [0.717, 1.165) is 5.56 Å². The Labute approximate surface area is 221 Å². The number of aliphatic carboxylic acids is 1. The van der Waals surface area contributed by atoms with Gasteiger partial charge in [0.05, 0.1) is 20.9 Å². The van der Waals surface area contributed by atoms with E-state index in [-0.39, 0.29) is 35.0 Å². The smallest absolute Gasteiger partial charge is 0.303 e. The molecule has 1 unspecified atom stereocenters. The Morgan fingerprint density at radius 2 is 1.82 bits per heavy atom. The van der Waals surface area contributed by atoms with Gasteiger partial charge in [-0.2, -0.15) is 4.36 Å². The molecule has 0 aliphatic rings. The lowest BCUT2D eigenvalue weighted by Gasteiger charge is -2.06. The van der Waals surface area contributed by atoms with Gasteiger partial charge in [0.1, 0.15) is 5.82 Å². The zero-order valence-electron chi connectivity index (χ0n) is 21.1. The number of anilines is 2. The zero-order chi connectivity index (χ0) is 27.7. The van der Waals surface area contributed by atoms with Crippen molar-refractivity contribution in [3.05, 3.63) is 88.6 Å². The molecule has 1 aromatic heterocycles. The first-order chi connectivity index (χ1) is 18.0. The Kier molecular flexibility index (Phi) is 9.35. The SMILES string of the molecule is Cc1cccc(NC(=O)c2cccc(C#Cc3cc(C(=O)N=S(C)(=O)CCCCC(=O)O)cnc3N)c2)c1. The molecule has 1 heterocycles. The standard InChI is InChI=1S/C28H28N4O5S/c1-19-7-5-10-24(15-19)31-27(35)22-9-6-8-20(16-22)12-13-21-17-23(18-30-26(21)29)28(36)32-38(2,37)14-4-3-11-25(33)34/h5-10,15-18H,3-4,11,14H2,1-2H3,(H2,29,30)(H,31,35)(H,33,34). The van der Waals surface area contributed by atoms with Crippen LogP contribution in [-0.2, 0) is 14.5 Å². The molecule has 0 aliphatic carbocycles. The Bertz CT molecular complexity index is 1560. The lowest BCUT2D eigenvalue weighted by molar-refractivity contribution is -0.137. The van der Waals surface area contributed by atoms with Gasteiger partial charge in [-0.15, -0.1) is 0 Å². The van der Waals surface area contributed by atoms with Gasteiger partial charge in [-0.3, -0.25) is 14.4 Å². The van der Waals surface area contributed by atoms with Crippen LogP contribution in [0.4, 0.5) is 11.5 Å². The molecule has 3 aromatic rings. The number of aryl methyl sites for hydroxylation is 1. The predicted molar refractivity (Wildman–Crippen MR) is 147 cm³/mol. The van der Waals surface area contributed by atoms with Crippen LogP contribution < -0.4 is 11.1 Å². The number of rotatable bonds is 8. The maximum atomic E-state index is 12.7. The Hall–Kier alpha value is -4.49. The lowest BCUT2D eigenvalue weighted by atomic mass is 10.1. The van der Waals surface area contributed by atoms with E-state index >= 15 is 0 Å². The number of carboxylic acids is 1. The summed E-state index contributed by atoms with van der Waals surface area (Å²) in [7, 11) is -2.84. The number of aromatic nitrogens is 1. The van der Waals surface area contributed by atoms with Gasteiger partial charge in [-0.25, -0.2) is 9.19 Å². The van der Waals surface area contributed by atoms with Crippen LogP contribution >= 0.6 is 0 Å². The van der Waals surface area contributed by atoms with Crippen LogP contribution in [0.25, 0.3) is 0 Å². The average molecular weight is 533 g/mol. The van der Waals surface area contributed by atoms with E-state index in [0.29, 0.717) is 29.7 Å². The van der Waals surface area contributed by atoms with E-state index in [1.54, 1.807) is 30.3 Å². The number of amides is 2. The third-order valence-corrected chi connectivity index (χ3v) is 6.95. The minimum atomic E-state index is -2.84. The fourth-order valence-corrected chi connectivity index (χ4v) is 4.70. The molecule has 0 saturated carbocycles. The first kappa shape index (κ1) is 28.1. The number of carboxylic acid groups (broad SMARTS) is 1. The highest BCUT2D eigenvalue weighted by Crippen LogP contribution is 2.15. The Morgan fingerprint density at radius 3 is 2.55 bits per heavy atom. The number of carbonyl (C=O) groups is 3. The van der Waals surface area contributed by atoms with Gasteiger partial charge in [0.25, 0.3) is 11.8 Å². The number of hydrogen-bond donors (Lipinski definition) is 3. The number of nitrogens with zero attached hydrogens (tertiary/aromatic N) is 2. The molecule has 0 saturated heterocycles. The molecule has 3 rings (SSSR count). The van der Waals surface area contributed by atoms with Gasteiger partial charge >= 0.3 is 5.97 Å². The maximum absolute atomic E-state index is 12.7. The quantitative estimate of drug-likeness (QED) is 0.291. The van der Waals surface area contributed by atoms with Crippen LogP contribution in [0, 0.1) is 18.8 Å². The summed E-state index contributed by atoms with van der Waals surface area (Å²) in [5, 5.41) is 11.6. The Balaban J connectivity index is 1.75. The van der Waals surface area contributed by atoms with Crippen LogP contribution in [-0.4, -0.2) is 44.1 Å². The molecule has 0 bridgehead atoms.